The number of ether oxygens (including phenoxy) is 6. The van der Waals surface area contributed by atoms with Crippen molar-refractivity contribution in [2.45, 2.75) is 67.8 Å². The molecule has 1 aromatic rings. The first kappa shape index (κ1) is 18.9. The van der Waals surface area contributed by atoms with Gasteiger partial charge in [0.2, 0.25) is 0 Å². The zero-order valence-electron chi connectivity index (χ0n) is 15.8. The molecule has 0 unspecified atom stereocenters. The quantitative estimate of drug-likeness (QED) is 0.617. The number of fused-ring (bicyclic) bond motifs is 1. The van der Waals surface area contributed by atoms with Crippen molar-refractivity contribution in [3.8, 4) is 5.75 Å². The van der Waals surface area contributed by atoms with E-state index >= 15 is 0 Å². The second-order valence-electron chi connectivity index (χ2n) is 7.69. The molecule has 4 rings (SSSR count). The minimum atomic E-state index is -0.613. The molecule has 3 aliphatic heterocycles. The normalized spacial score (nSPS) is 37.7. The fourth-order valence-electron chi connectivity index (χ4n) is 3.63. The summed E-state index contributed by atoms with van der Waals surface area (Å²) in [4.78, 5) is 0. The van der Waals surface area contributed by atoms with E-state index < -0.39 is 32.5 Å². The summed E-state index contributed by atoms with van der Waals surface area (Å²) in [5, 5.41) is 0. The molecule has 0 radical (unpaired) electrons. The third-order valence-corrected chi connectivity index (χ3v) is 8.62. The zero-order chi connectivity index (χ0) is 18.5. The number of hydrogen-bond donors (Lipinski definition) is 0. The number of hydrogen-bond acceptors (Lipinski definition) is 6. The average Bonchev–Trinajstić information content (AvgIpc) is 3.18. The molecule has 0 aromatic heterocycles. The van der Waals surface area contributed by atoms with Crippen LogP contribution < -0.4 is 8.35 Å². The van der Waals surface area contributed by atoms with Gasteiger partial charge in [0.15, 0.2) is 0 Å². The molecule has 26 heavy (non-hydrogen) atoms. The average molecular weight is 478 g/mol. The van der Waals surface area contributed by atoms with Gasteiger partial charge in [-0.25, -0.2) is 0 Å². The van der Waals surface area contributed by atoms with Crippen molar-refractivity contribution in [1.29, 1.82) is 0 Å². The van der Waals surface area contributed by atoms with Crippen LogP contribution in [-0.4, -0.2) is 70.8 Å². The minimum absolute atomic E-state index is 0.0631. The third kappa shape index (κ3) is 3.77. The van der Waals surface area contributed by atoms with Crippen LogP contribution in [0.5, 0.6) is 5.75 Å². The van der Waals surface area contributed by atoms with Crippen molar-refractivity contribution in [1.82, 2.24) is 0 Å². The van der Waals surface area contributed by atoms with E-state index in [0.29, 0.717) is 6.61 Å². The maximum atomic E-state index is 6.28. The zero-order valence-corrected chi connectivity index (χ0v) is 18.1. The third-order valence-electron chi connectivity index (χ3n) is 4.76. The number of methoxy groups -OCH3 is 1. The van der Waals surface area contributed by atoms with Gasteiger partial charge < -0.3 is 0 Å². The predicted molar refractivity (Wildman–Crippen MR) is 95.7 cm³/mol. The van der Waals surface area contributed by atoms with Crippen LogP contribution in [0.1, 0.15) is 27.7 Å². The van der Waals surface area contributed by atoms with Crippen LogP contribution in [0.2, 0.25) is 3.97 Å². The fourth-order valence-corrected chi connectivity index (χ4v) is 7.33. The van der Waals surface area contributed by atoms with Gasteiger partial charge in [0.1, 0.15) is 0 Å². The second kappa shape index (κ2) is 6.89. The van der Waals surface area contributed by atoms with Crippen LogP contribution in [-0.2, 0) is 23.7 Å². The van der Waals surface area contributed by atoms with E-state index in [1.54, 1.807) is 7.11 Å². The molecular weight excluding hydrogens is 452 g/mol. The number of rotatable bonds is 4. The molecule has 7 heteroatoms. The summed E-state index contributed by atoms with van der Waals surface area (Å²) in [6, 6.07) is 8.30. The molecule has 0 N–H and O–H groups in total. The van der Waals surface area contributed by atoms with E-state index in [0.717, 1.165) is 5.75 Å². The predicted octanol–water partition coefficient (Wildman–Crippen LogP) is 1.84. The molecule has 0 aliphatic carbocycles. The first-order chi connectivity index (χ1) is 12.3. The van der Waals surface area contributed by atoms with Gasteiger partial charge in [-0.1, -0.05) is 0 Å². The Hall–Kier alpha value is -0.390. The molecule has 3 saturated heterocycles. The molecule has 6 nitrogen and oxygen atoms in total. The van der Waals surface area contributed by atoms with E-state index in [1.807, 2.05) is 39.8 Å². The molecule has 3 fully saturated rings. The van der Waals surface area contributed by atoms with Crippen molar-refractivity contribution in [2.75, 3.05) is 13.7 Å². The van der Waals surface area contributed by atoms with Gasteiger partial charge in [0.05, 0.1) is 0 Å². The maximum absolute atomic E-state index is 6.28. The van der Waals surface area contributed by atoms with Crippen molar-refractivity contribution in [3.63, 3.8) is 0 Å². The standard InChI is InChI=1S/C19H26O6Te/c1-18(2)21-10-13(23-18)14-16(15-17(22-14)25-19(3,4)24-15)26-12-8-6-11(20-5)7-9-12/h6-9,13-17H,10H2,1-5H3/t13-,14-,15-,16+,17-/m1/s1. The molecule has 0 spiro atoms. The SMILES string of the molecule is COc1ccc([Te][C@@H]2[C@H]3OC(C)(C)O[C@H]3O[C@@H]2[C@H]2COC(C)(C)O2)cc1. The van der Waals surface area contributed by atoms with Crippen LogP contribution in [0, 0.1) is 0 Å². The Morgan fingerprint density at radius 1 is 0.962 bits per heavy atom. The Morgan fingerprint density at radius 2 is 1.69 bits per heavy atom. The van der Waals surface area contributed by atoms with Gasteiger partial charge in [-0.2, -0.15) is 0 Å². The Bertz CT molecular complexity index is 646. The van der Waals surface area contributed by atoms with Crippen LogP contribution in [0.25, 0.3) is 0 Å². The monoisotopic (exact) mass is 480 g/mol. The van der Waals surface area contributed by atoms with Gasteiger partial charge >= 0.3 is 165 Å². The summed E-state index contributed by atoms with van der Waals surface area (Å²) >= 11 is -0.599. The van der Waals surface area contributed by atoms with Gasteiger partial charge in [0, 0.05) is 0 Å². The van der Waals surface area contributed by atoms with Crippen LogP contribution in [0.15, 0.2) is 24.3 Å². The van der Waals surface area contributed by atoms with E-state index in [4.69, 9.17) is 28.4 Å². The summed E-state index contributed by atoms with van der Waals surface area (Å²) in [5.74, 6) is -0.315. The molecule has 1 aromatic carbocycles. The summed E-state index contributed by atoms with van der Waals surface area (Å²) < 4.78 is 37.2. The van der Waals surface area contributed by atoms with E-state index in [2.05, 4.69) is 12.1 Å². The fraction of sp³-hybridized carbons (Fsp3) is 0.684. The molecule has 0 bridgehead atoms. The van der Waals surface area contributed by atoms with Gasteiger partial charge in [-0.15, -0.1) is 0 Å². The Morgan fingerprint density at radius 3 is 2.31 bits per heavy atom. The summed E-state index contributed by atoms with van der Waals surface area (Å²) in [5.41, 5.74) is 0. The molecule has 3 aliphatic rings. The van der Waals surface area contributed by atoms with Gasteiger partial charge in [-0.3, -0.25) is 0 Å². The molecular formula is C19H26O6Te. The Kier molecular flexibility index (Phi) is 5.02. The van der Waals surface area contributed by atoms with E-state index in [-0.39, 0.29) is 28.6 Å². The van der Waals surface area contributed by atoms with E-state index in [9.17, 15) is 0 Å². The molecule has 144 valence electrons. The molecule has 3 heterocycles. The first-order valence-corrected chi connectivity index (χ1v) is 11.4. The van der Waals surface area contributed by atoms with Crippen molar-refractivity contribution < 1.29 is 28.4 Å². The Balaban J connectivity index is 1.55. The van der Waals surface area contributed by atoms with Gasteiger partial charge in [0.25, 0.3) is 0 Å². The summed E-state index contributed by atoms with van der Waals surface area (Å²) in [6.07, 6.45) is -0.575. The molecule has 0 saturated carbocycles. The van der Waals surface area contributed by atoms with E-state index in [1.165, 1.54) is 3.61 Å². The van der Waals surface area contributed by atoms with Crippen LogP contribution >= 0.6 is 0 Å². The molecule has 5 atom stereocenters. The van der Waals surface area contributed by atoms with Gasteiger partial charge in [-0.05, 0) is 0 Å². The first-order valence-electron chi connectivity index (χ1n) is 8.90. The second-order valence-corrected chi connectivity index (χ2v) is 11.3. The summed E-state index contributed by atoms with van der Waals surface area (Å²) in [6.45, 7) is 8.29. The van der Waals surface area contributed by atoms with Crippen molar-refractivity contribution in [2.24, 2.45) is 0 Å². The molecule has 0 amide bonds. The topological polar surface area (TPSA) is 55.4 Å². The van der Waals surface area contributed by atoms with Crippen LogP contribution in [0.3, 0.4) is 0 Å². The van der Waals surface area contributed by atoms with Crippen molar-refractivity contribution >= 4 is 24.5 Å². The Labute approximate surface area is 164 Å². The van der Waals surface area contributed by atoms with Crippen molar-refractivity contribution in [3.05, 3.63) is 24.3 Å². The number of benzene rings is 1. The van der Waals surface area contributed by atoms with Crippen LogP contribution in [0.4, 0.5) is 0 Å². The summed E-state index contributed by atoms with van der Waals surface area (Å²) in [7, 11) is 1.68.